The van der Waals surface area contributed by atoms with Crippen LogP contribution in [-0.2, 0) is 6.54 Å². The molecule has 0 aliphatic carbocycles. The number of ether oxygens (including phenoxy) is 3. The highest BCUT2D eigenvalue weighted by Gasteiger charge is 2.24. The lowest BCUT2D eigenvalue weighted by molar-refractivity contribution is 0.205. The van der Waals surface area contributed by atoms with Crippen LogP contribution >= 0.6 is 39.1 Å². The van der Waals surface area contributed by atoms with E-state index in [1.54, 1.807) is 44.4 Å². The molecule has 0 aromatic heterocycles. The molecule has 1 N–H and O–H groups in total. The molecule has 0 radical (unpaired) electrons. The summed E-state index contributed by atoms with van der Waals surface area (Å²) in [4.78, 5) is 16.8. The van der Waals surface area contributed by atoms with Gasteiger partial charge < -0.3 is 29.3 Å². The molecule has 1 saturated heterocycles. The van der Waals surface area contributed by atoms with Crippen molar-refractivity contribution in [1.29, 1.82) is 0 Å². The van der Waals surface area contributed by atoms with E-state index in [0.717, 1.165) is 46.7 Å². The SMILES string of the molecule is COc1cc(OC)cc(N2CCC(CNC(=O)N(C)Cc3ccc(Oc4ccc(Cl)c(Cl)c4)cc3Br)C2)c1. The first-order valence-corrected chi connectivity index (χ1v) is 13.7. The van der Waals surface area contributed by atoms with Gasteiger partial charge in [-0.3, -0.25) is 0 Å². The minimum absolute atomic E-state index is 0.116. The average molecular weight is 623 g/mol. The lowest BCUT2D eigenvalue weighted by Gasteiger charge is -2.22. The largest absolute Gasteiger partial charge is 0.497 e. The van der Waals surface area contributed by atoms with Gasteiger partial charge in [0, 0.05) is 67.7 Å². The van der Waals surface area contributed by atoms with Gasteiger partial charge in [0.15, 0.2) is 0 Å². The second kappa shape index (κ2) is 12.8. The fraction of sp³-hybridized carbons (Fsp3) is 0.321. The predicted molar refractivity (Wildman–Crippen MR) is 155 cm³/mol. The zero-order chi connectivity index (χ0) is 27.2. The standard InChI is InChI=1S/C28H30BrCl2N3O4/c1-33(17-19-4-5-21(13-25(19)29)38-22-6-7-26(30)27(31)14-22)28(35)32-15-18-8-9-34(16-18)20-10-23(36-2)12-24(11-20)37-3/h4-7,10-14,18H,8-9,15-17H2,1-3H3,(H,32,35). The van der Waals surface area contributed by atoms with E-state index in [9.17, 15) is 4.79 Å². The lowest BCUT2D eigenvalue weighted by Crippen LogP contribution is -2.39. The molecule has 0 spiro atoms. The Morgan fingerprint density at radius 3 is 2.34 bits per heavy atom. The van der Waals surface area contributed by atoms with Crippen LogP contribution in [0, 0.1) is 5.92 Å². The van der Waals surface area contributed by atoms with E-state index in [-0.39, 0.29) is 6.03 Å². The minimum atomic E-state index is -0.116. The van der Waals surface area contributed by atoms with E-state index in [4.69, 9.17) is 37.4 Å². The predicted octanol–water partition coefficient (Wildman–Crippen LogP) is 7.23. The fourth-order valence-electron chi connectivity index (χ4n) is 4.30. The van der Waals surface area contributed by atoms with Crippen molar-refractivity contribution in [1.82, 2.24) is 10.2 Å². The van der Waals surface area contributed by atoms with E-state index in [0.29, 0.717) is 40.6 Å². The maximum Gasteiger partial charge on any atom is 0.317 e. The highest BCUT2D eigenvalue weighted by molar-refractivity contribution is 9.10. The Balaban J connectivity index is 1.27. The molecule has 38 heavy (non-hydrogen) atoms. The van der Waals surface area contributed by atoms with Gasteiger partial charge in [-0.15, -0.1) is 0 Å². The normalized spacial score (nSPS) is 14.8. The van der Waals surface area contributed by atoms with Crippen molar-refractivity contribution in [3.63, 3.8) is 0 Å². The van der Waals surface area contributed by atoms with Crippen LogP contribution in [-0.4, -0.2) is 51.8 Å². The average Bonchev–Trinajstić information content (AvgIpc) is 3.39. The molecule has 202 valence electrons. The van der Waals surface area contributed by atoms with Gasteiger partial charge in [0.2, 0.25) is 0 Å². The van der Waals surface area contributed by atoms with Crippen molar-refractivity contribution >= 4 is 50.9 Å². The van der Waals surface area contributed by atoms with Crippen LogP contribution in [0.4, 0.5) is 10.5 Å². The number of rotatable bonds is 9. The topological polar surface area (TPSA) is 63.3 Å². The van der Waals surface area contributed by atoms with Crippen LogP contribution < -0.4 is 24.4 Å². The van der Waals surface area contributed by atoms with E-state index >= 15 is 0 Å². The molecule has 3 aromatic carbocycles. The summed E-state index contributed by atoms with van der Waals surface area (Å²) < 4.78 is 17.5. The summed E-state index contributed by atoms with van der Waals surface area (Å²) in [6.07, 6.45) is 0.995. The Bertz CT molecular complexity index is 1270. The summed E-state index contributed by atoms with van der Waals surface area (Å²) in [5.74, 6) is 3.11. The molecule has 10 heteroatoms. The van der Waals surface area contributed by atoms with Crippen molar-refractivity contribution in [2.45, 2.75) is 13.0 Å². The highest BCUT2D eigenvalue weighted by atomic mass is 79.9. The minimum Gasteiger partial charge on any atom is -0.497 e. The van der Waals surface area contributed by atoms with Crippen LogP contribution in [0.5, 0.6) is 23.0 Å². The van der Waals surface area contributed by atoms with Gasteiger partial charge in [-0.1, -0.05) is 45.2 Å². The number of methoxy groups -OCH3 is 2. The molecule has 4 rings (SSSR count). The number of hydrogen-bond donors (Lipinski definition) is 1. The van der Waals surface area contributed by atoms with Gasteiger partial charge in [-0.25, -0.2) is 4.79 Å². The summed E-state index contributed by atoms with van der Waals surface area (Å²) in [6, 6.07) is 16.5. The number of hydrogen-bond acceptors (Lipinski definition) is 5. The monoisotopic (exact) mass is 621 g/mol. The summed E-state index contributed by atoms with van der Waals surface area (Å²) in [5, 5.41) is 3.98. The highest BCUT2D eigenvalue weighted by Crippen LogP contribution is 2.33. The second-order valence-electron chi connectivity index (χ2n) is 9.14. The number of carbonyl (C=O) groups is 1. The number of benzene rings is 3. The number of halogens is 3. The smallest absolute Gasteiger partial charge is 0.317 e. The van der Waals surface area contributed by atoms with Crippen LogP contribution in [0.3, 0.4) is 0 Å². The summed E-state index contributed by atoms with van der Waals surface area (Å²) in [5.41, 5.74) is 2.02. The molecular weight excluding hydrogens is 593 g/mol. The first-order chi connectivity index (χ1) is 18.2. The van der Waals surface area contributed by atoms with Crippen molar-refractivity contribution in [3.8, 4) is 23.0 Å². The molecule has 1 heterocycles. The van der Waals surface area contributed by atoms with Gasteiger partial charge in [0.1, 0.15) is 23.0 Å². The maximum atomic E-state index is 12.8. The molecule has 1 unspecified atom stereocenters. The van der Waals surface area contributed by atoms with Crippen molar-refractivity contribution < 1.29 is 19.0 Å². The molecular formula is C28H30BrCl2N3O4. The van der Waals surface area contributed by atoms with Crippen molar-refractivity contribution in [3.05, 3.63) is 74.7 Å². The molecule has 0 bridgehead atoms. The van der Waals surface area contributed by atoms with Crippen molar-refractivity contribution in [2.75, 3.05) is 45.8 Å². The Morgan fingerprint density at radius 2 is 1.68 bits per heavy atom. The molecule has 1 atom stereocenters. The summed E-state index contributed by atoms with van der Waals surface area (Å²) in [7, 11) is 5.08. The first kappa shape index (κ1) is 28.2. The number of amides is 2. The van der Waals surface area contributed by atoms with Gasteiger partial charge in [-0.05, 0) is 42.2 Å². The molecule has 7 nitrogen and oxygen atoms in total. The number of nitrogens with zero attached hydrogens (tertiary/aromatic N) is 2. The molecule has 3 aromatic rings. The van der Waals surface area contributed by atoms with E-state index < -0.39 is 0 Å². The van der Waals surface area contributed by atoms with Gasteiger partial charge >= 0.3 is 6.03 Å². The lowest BCUT2D eigenvalue weighted by atomic mass is 10.1. The zero-order valence-electron chi connectivity index (χ0n) is 21.5. The van der Waals surface area contributed by atoms with Gasteiger partial charge in [0.25, 0.3) is 0 Å². The Labute approximate surface area is 241 Å². The number of nitrogens with one attached hydrogen (secondary N) is 1. The molecule has 1 aliphatic rings. The van der Waals surface area contributed by atoms with E-state index in [1.807, 2.05) is 36.4 Å². The summed E-state index contributed by atoms with van der Waals surface area (Å²) in [6.45, 7) is 2.82. The third kappa shape index (κ3) is 7.18. The number of anilines is 1. The first-order valence-electron chi connectivity index (χ1n) is 12.1. The van der Waals surface area contributed by atoms with Gasteiger partial charge in [0.05, 0.1) is 24.3 Å². The van der Waals surface area contributed by atoms with Crippen LogP contribution in [0.25, 0.3) is 0 Å². The Hall–Kier alpha value is -2.81. The summed E-state index contributed by atoms with van der Waals surface area (Å²) >= 11 is 15.6. The number of urea groups is 1. The molecule has 1 aliphatic heterocycles. The van der Waals surface area contributed by atoms with Crippen molar-refractivity contribution in [2.24, 2.45) is 5.92 Å². The molecule has 0 saturated carbocycles. The molecule has 2 amide bonds. The Morgan fingerprint density at radius 1 is 1.00 bits per heavy atom. The van der Waals surface area contributed by atoms with Crippen LogP contribution in [0.1, 0.15) is 12.0 Å². The fourth-order valence-corrected chi connectivity index (χ4v) is 5.07. The quantitative estimate of drug-likeness (QED) is 0.273. The van der Waals surface area contributed by atoms with Crippen LogP contribution in [0.2, 0.25) is 10.0 Å². The van der Waals surface area contributed by atoms with E-state index in [1.165, 1.54) is 0 Å². The zero-order valence-corrected chi connectivity index (χ0v) is 24.6. The van der Waals surface area contributed by atoms with Gasteiger partial charge in [-0.2, -0.15) is 0 Å². The van der Waals surface area contributed by atoms with Crippen LogP contribution in [0.15, 0.2) is 59.1 Å². The second-order valence-corrected chi connectivity index (χ2v) is 10.8. The third-order valence-electron chi connectivity index (χ3n) is 6.43. The molecule has 1 fully saturated rings. The Kier molecular flexibility index (Phi) is 9.52. The maximum absolute atomic E-state index is 12.8. The van der Waals surface area contributed by atoms with E-state index in [2.05, 4.69) is 26.1 Å². The third-order valence-corrected chi connectivity index (χ3v) is 7.91. The number of carbonyl (C=O) groups excluding carboxylic acids is 1.